The van der Waals surface area contributed by atoms with Gasteiger partial charge in [-0.25, -0.2) is 0 Å². The van der Waals surface area contributed by atoms with Gasteiger partial charge in [0, 0.05) is 54.6 Å². The normalized spacial score (nSPS) is 12.5. The molecule has 0 fully saturated rings. The van der Waals surface area contributed by atoms with E-state index in [2.05, 4.69) is 70.5 Å². The number of amides is 2. The fourth-order valence-corrected chi connectivity index (χ4v) is 9.14. The predicted molar refractivity (Wildman–Crippen MR) is 310 cm³/mol. The third-order valence-corrected chi connectivity index (χ3v) is 14.4. The van der Waals surface area contributed by atoms with Crippen LogP contribution in [0.3, 0.4) is 0 Å². The Balaban J connectivity index is 0.000000454. The number of anilines is 1. The number of pyridine rings is 2. The Morgan fingerprint density at radius 3 is 1.39 bits per heavy atom. The first-order valence-electron chi connectivity index (χ1n) is 28.0. The van der Waals surface area contributed by atoms with Crippen LogP contribution in [0, 0.1) is 60.2 Å². The average molecular weight is 1060 g/mol. The number of aryl methyl sites for hydroxylation is 1. The maximum Gasteiger partial charge on any atom is 0.299 e. The topological polar surface area (TPSA) is 275 Å². The molecule has 17 heteroatoms. The Labute approximate surface area is 458 Å². The molecule has 0 aliphatic carbocycles. The summed E-state index contributed by atoms with van der Waals surface area (Å²) in [5, 5.41) is 45.2. The Morgan fingerprint density at radius 2 is 1.00 bits per heavy atom. The van der Waals surface area contributed by atoms with Crippen molar-refractivity contribution in [2.45, 2.75) is 172 Å². The van der Waals surface area contributed by atoms with Gasteiger partial charge in [-0.15, -0.1) is 5.11 Å². The molecular weight excluding hydrogens is 971 g/mol. The van der Waals surface area contributed by atoms with Crippen molar-refractivity contribution in [3.8, 4) is 23.9 Å². The van der Waals surface area contributed by atoms with Crippen LogP contribution in [0.15, 0.2) is 74.4 Å². The van der Waals surface area contributed by atoms with E-state index in [1.807, 2.05) is 35.2 Å². The minimum Gasteiger partial charge on any atom is -0.492 e. The van der Waals surface area contributed by atoms with Crippen LogP contribution >= 0.6 is 0 Å². The molecule has 0 saturated carbocycles. The molecule has 422 valence electrons. The number of nitrogens with two attached hydrogens (primary N) is 3. The van der Waals surface area contributed by atoms with Crippen LogP contribution < -0.4 is 28.5 Å². The third kappa shape index (κ3) is 20.7. The molecule has 4 aromatic rings. The van der Waals surface area contributed by atoms with Gasteiger partial charge in [0.2, 0.25) is 11.8 Å². The molecule has 4 rings (SSSR count). The van der Waals surface area contributed by atoms with E-state index in [0.29, 0.717) is 55.5 Å². The number of hydrogen-bond acceptors (Lipinski definition) is 13. The van der Waals surface area contributed by atoms with Crippen LogP contribution in [0.2, 0.25) is 0 Å². The van der Waals surface area contributed by atoms with Crippen LogP contribution in [-0.4, -0.2) is 67.4 Å². The van der Waals surface area contributed by atoms with Crippen molar-refractivity contribution in [3.05, 3.63) is 109 Å². The lowest BCUT2D eigenvalue weighted by molar-refractivity contribution is 0.0678. The number of carbonyl (C=O) groups excluding carboxylic acids is 2. The lowest BCUT2D eigenvalue weighted by Gasteiger charge is -2.31. The molecule has 0 bridgehead atoms. The third-order valence-electron chi connectivity index (χ3n) is 14.4. The number of nitrogens with zero attached hydrogens (tertiary/aromatic N) is 8. The average Bonchev–Trinajstić information content (AvgIpc) is 3.43. The summed E-state index contributed by atoms with van der Waals surface area (Å²) >= 11 is 0. The maximum atomic E-state index is 13.8. The summed E-state index contributed by atoms with van der Waals surface area (Å²) < 4.78 is 1.01. The van der Waals surface area contributed by atoms with E-state index in [1.165, 1.54) is 51.5 Å². The van der Waals surface area contributed by atoms with Gasteiger partial charge in [0.15, 0.2) is 5.69 Å². The molecule has 0 aliphatic heterocycles. The number of nitriles is 2. The van der Waals surface area contributed by atoms with E-state index in [9.17, 15) is 34.7 Å². The molecule has 77 heavy (non-hydrogen) atoms. The van der Waals surface area contributed by atoms with Crippen LogP contribution in [0.4, 0.5) is 17.1 Å². The zero-order chi connectivity index (χ0) is 57.6. The molecule has 0 spiro atoms. The highest BCUT2D eigenvalue weighted by molar-refractivity contribution is 5.95. The first-order chi connectivity index (χ1) is 36.8. The van der Waals surface area contributed by atoms with Crippen LogP contribution in [0.1, 0.15) is 201 Å². The van der Waals surface area contributed by atoms with Gasteiger partial charge in [-0.3, -0.25) is 19.2 Å². The van der Waals surface area contributed by atoms with Gasteiger partial charge in [-0.1, -0.05) is 145 Å². The van der Waals surface area contributed by atoms with E-state index >= 15 is 0 Å². The Kier molecular flexibility index (Phi) is 30.2. The Morgan fingerprint density at radius 1 is 0.597 bits per heavy atom. The molecule has 4 atom stereocenters. The number of carbonyl (C=O) groups is 2. The molecule has 0 saturated heterocycles. The monoisotopic (exact) mass is 1060 g/mol. The number of hydrogen-bond donors (Lipinski definition) is 5. The number of azo groups is 1. The summed E-state index contributed by atoms with van der Waals surface area (Å²) in [6.45, 7) is 24.0. The lowest BCUT2D eigenvalue weighted by Crippen LogP contribution is -2.39. The first-order valence-corrected chi connectivity index (χ1v) is 28.0. The van der Waals surface area contributed by atoms with Gasteiger partial charge in [-0.2, -0.15) is 25.0 Å². The second kappa shape index (κ2) is 35.2. The zero-order valence-corrected chi connectivity index (χ0v) is 48.0. The number of benzene rings is 2. The van der Waals surface area contributed by atoms with Gasteiger partial charge in [0.25, 0.3) is 22.9 Å². The molecule has 4 unspecified atom stereocenters. The summed E-state index contributed by atoms with van der Waals surface area (Å²) in [6, 6.07) is 19.1. The SMILES string of the molecule is CCCCC(CC)CN(CC(CC)CCCC)C(=O)c1cccc(N)c1.CCCCC(CC)CN(CC(CC)CCCC)C(=O)c1cccc(N=Nc2c(C)c(C#N)c(O)n(N)c2=O)c1.Cc1cc(=O)n(N)c(O)c1C#N. The highest BCUT2D eigenvalue weighted by Crippen LogP contribution is 2.28. The zero-order valence-electron chi connectivity index (χ0n) is 48.0. The van der Waals surface area contributed by atoms with E-state index in [0.717, 1.165) is 96.0 Å². The molecule has 0 radical (unpaired) electrons. The number of unbranched alkanes of at least 4 members (excludes halogenated alkanes) is 4. The van der Waals surface area contributed by atoms with E-state index in [-0.39, 0.29) is 34.2 Å². The van der Waals surface area contributed by atoms with E-state index < -0.39 is 22.9 Å². The molecule has 2 aromatic carbocycles. The van der Waals surface area contributed by atoms with E-state index in [1.54, 1.807) is 37.3 Å². The molecular formula is C60H91N11O6. The standard InChI is InChI=1S/C30H44N6O3.C23H40N2O.C7H7N3O2/c1-6-10-13-22(8-3)19-35(20-23(9-4)14-11-7-2)28(37)24-15-12-16-25(17-24)33-34-27-21(5)26(18-31)29(38)36(32)30(27)39;1-5-9-12-19(7-3)17-25(18-20(8-4)13-10-6-2)23(26)21-14-11-15-22(24)16-21;1-4-2-6(11)10(9)7(12)5(4)3-8/h12,15-17,22-23,38H,6-11,13-14,19-20,32H2,1-5H3;11,14-16,19-20H,5-10,12-13,17-18,24H2,1-4H3;2,12H,9H2,1H3. The first kappa shape index (κ1) is 66.0. The van der Waals surface area contributed by atoms with Gasteiger partial charge in [0.1, 0.15) is 23.3 Å². The molecule has 2 aromatic heterocycles. The minimum absolute atomic E-state index is 0.0251. The van der Waals surface area contributed by atoms with Gasteiger partial charge in [-0.05, 0) is 105 Å². The summed E-state index contributed by atoms with van der Waals surface area (Å²) in [4.78, 5) is 54.6. The van der Waals surface area contributed by atoms with Crippen molar-refractivity contribution >= 4 is 28.9 Å². The fourth-order valence-electron chi connectivity index (χ4n) is 9.14. The largest absolute Gasteiger partial charge is 0.492 e. The van der Waals surface area contributed by atoms with Crippen molar-refractivity contribution in [1.29, 1.82) is 10.5 Å². The smallest absolute Gasteiger partial charge is 0.299 e. The van der Waals surface area contributed by atoms with E-state index in [4.69, 9.17) is 22.7 Å². The highest BCUT2D eigenvalue weighted by atomic mass is 16.3. The second-order valence-corrected chi connectivity index (χ2v) is 20.3. The van der Waals surface area contributed by atoms with Crippen molar-refractivity contribution in [3.63, 3.8) is 0 Å². The Bertz CT molecular complexity index is 2670. The lowest BCUT2D eigenvalue weighted by atomic mass is 9.95. The molecule has 8 N–H and O–H groups in total. The van der Waals surface area contributed by atoms with Crippen molar-refractivity contribution in [2.75, 3.05) is 43.6 Å². The quantitative estimate of drug-likeness (QED) is 0.0203. The highest BCUT2D eigenvalue weighted by Gasteiger charge is 2.25. The summed E-state index contributed by atoms with van der Waals surface area (Å²) in [5.74, 6) is 11.8. The predicted octanol–water partition coefficient (Wildman–Crippen LogP) is 12.3. The summed E-state index contributed by atoms with van der Waals surface area (Å²) in [7, 11) is 0. The van der Waals surface area contributed by atoms with Crippen LogP contribution in [0.5, 0.6) is 11.8 Å². The van der Waals surface area contributed by atoms with Crippen molar-refractivity contribution < 1.29 is 19.8 Å². The summed E-state index contributed by atoms with van der Waals surface area (Å²) in [6.07, 6.45) is 18.4. The number of aromatic hydroxyl groups is 2. The molecule has 2 amide bonds. The second-order valence-electron chi connectivity index (χ2n) is 20.3. The minimum atomic E-state index is -0.776. The van der Waals surface area contributed by atoms with Gasteiger partial charge < -0.3 is 37.4 Å². The number of nitrogen functional groups attached to an aromatic ring is 3. The fraction of sp³-hybridized carbons (Fsp3) is 0.567. The van der Waals surface area contributed by atoms with Gasteiger partial charge >= 0.3 is 0 Å². The molecule has 0 aliphatic rings. The maximum absolute atomic E-state index is 13.8. The summed E-state index contributed by atoms with van der Waals surface area (Å²) in [5.41, 5.74) is 7.22. The molecule has 17 nitrogen and oxygen atoms in total. The van der Waals surface area contributed by atoms with Crippen molar-refractivity contribution in [1.82, 2.24) is 19.2 Å². The Hall–Kier alpha value is -7.14. The van der Waals surface area contributed by atoms with Crippen LogP contribution in [-0.2, 0) is 0 Å². The van der Waals surface area contributed by atoms with Crippen LogP contribution in [0.25, 0.3) is 0 Å². The molecule has 2 heterocycles. The number of rotatable bonds is 28. The van der Waals surface area contributed by atoms with Crippen molar-refractivity contribution in [2.24, 2.45) is 33.9 Å². The van der Waals surface area contributed by atoms with Gasteiger partial charge in [0.05, 0.1) is 5.69 Å². The number of aromatic nitrogens is 2.